The molecule has 0 spiro atoms. The molecular formula is C15H20O2S. The minimum atomic E-state index is -3.38. The van der Waals surface area contributed by atoms with Crippen LogP contribution in [0.5, 0.6) is 0 Å². The van der Waals surface area contributed by atoms with Gasteiger partial charge in [-0.1, -0.05) is 35.9 Å². The second kappa shape index (κ2) is 6.01. The smallest absolute Gasteiger partial charge is 0.202 e. The number of hydrogen-bond acceptors (Lipinski definition) is 2. The van der Waals surface area contributed by atoms with E-state index in [9.17, 15) is 8.42 Å². The quantitative estimate of drug-likeness (QED) is 0.750. The fraction of sp³-hybridized carbons (Fsp3) is 0.333. The maximum absolute atomic E-state index is 12.2. The molecule has 0 aliphatic heterocycles. The van der Waals surface area contributed by atoms with Crippen molar-refractivity contribution >= 4 is 9.84 Å². The van der Waals surface area contributed by atoms with Gasteiger partial charge in [0.25, 0.3) is 0 Å². The number of hydrogen-bond donors (Lipinski definition) is 0. The minimum Gasteiger partial charge on any atom is -0.219 e. The van der Waals surface area contributed by atoms with E-state index in [-0.39, 0.29) is 4.91 Å². The van der Waals surface area contributed by atoms with E-state index >= 15 is 0 Å². The molecule has 0 unspecified atom stereocenters. The molecule has 0 aromatic heterocycles. The SMILES string of the molecule is C=C(CCC(C)=C(C)C)S(=O)(=O)c1ccccc1. The average Bonchev–Trinajstić information content (AvgIpc) is 2.36. The summed E-state index contributed by atoms with van der Waals surface area (Å²) in [5.41, 5.74) is 2.46. The van der Waals surface area contributed by atoms with Crippen LogP contribution in [0.15, 0.2) is 57.9 Å². The summed E-state index contributed by atoms with van der Waals surface area (Å²) < 4.78 is 24.4. The van der Waals surface area contributed by atoms with Crippen molar-refractivity contribution in [2.75, 3.05) is 0 Å². The molecule has 18 heavy (non-hydrogen) atoms. The van der Waals surface area contributed by atoms with Gasteiger partial charge in [0.1, 0.15) is 0 Å². The molecule has 0 atom stereocenters. The predicted molar refractivity (Wildman–Crippen MR) is 76.0 cm³/mol. The highest BCUT2D eigenvalue weighted by Gasteiger charge is 2.17. The minimum absolute atomic E-state index is 0.286. The summed E-state index contributed by atoms with van der Waals surface area (Å²) in [6.45, 7) is 9.81. The van der Waals surface area contributed by atoms with Gasteiger partial charge in [0, 0.05) is 4.91 Å². The lowest BCUT2D eigenvalue weighted by Gasteiger charge is -2.09. The molecular weight excluding hydrogens is 244 g/mol. The summed E-state index contributed by atoms with van der Waals surface area (Å²) >= 11 is 0. The molecule has 2 nitrogen and oxygen atoms in total. The topological polar surface area (TPSA) is 34.1 Å². The first-order valence-corrected chi connectivity index (χ1v) is 7.45. The van der Waals surface area contributed by atoms with Crippen molar-refractivity contribution in [3.05, 3.63) is 53.0 Å². The first-order valence-electron chi connectivity index (χ1n) is 5.96. The van der Waals surface area contributed by atoms with Gasteiger partial charge in [0.15, 0.2) is 0 Å². The third-order valence-corrected chi connectivity index (χ3v) is 4.92. The van der Waals surface area contributed by atoms with E-state index in [2.05, 4.69) is 6.58 Å². The van der Waals surface area contributed by atoms with E-state index in [0.29, 0.717) is 11.3 Å². The number of benzene rings is 1. The van der Waals surface area contributed by atoms with Crippen LogP contribution in [0.3, 0.4) is 0 Å². The van der Waals surface area contributed by atoms with E-state index in [0.717, 1.165) is 6.42 Å². The maximum atomic E-state index is 12.2. The van der Waals surface area contributed by atoms with Crippen molar-refractivity contribution in [1.82, 2.24) is 0 Å². The molecule has 1 aromatic rings. The summed E-state index contributed by atoms with van der Waals surface area (Å²) in [4.78, 5) is 0.610. The first-order chi connectivity index (χ1) is 8.35. The fourth-order valence-electron chi connectivity index (χ4n) is 1.48. The Morgan fingerprint density at radius 1 is 1.06 bits per heavy atom. The Hall–Kier alpha value is -1.35. The summed E-state index contributed by atoms with van der Waals surface area (Å²) in [7, 11) is -3.38. The van der Waals surface area contributed by atoms with Gasteiger partial charge < -0.3 is 0 Å². The second-order valence-corrected chi connectivity index (χ2v) is 6.69. The Morgan fingerprint density at radius 2 is 1.61 bits per heavy atom. The molecule has 0 fully saturated rings. The zero-order chi connectivity index (χ0) is 13.8. The van der Waals surface area contributed by atoms with E-state index in [4.69, 9.17) is 0 Å². The Bertz CT molecular complexity index is 547. The van der Waals surface area contributed by atoms with E-state index < -0.39 is 9.84 Å². The summed E-state index contributed by atoms with van der Waals surface area (Å²) in [6.07, 6.45) is 1.22. The van der Waals surface area contributed by atoms with Gasteiger partial charge in [-0.05, 0) is 45.7 Å². The van der Waals surface area contributed by atoms with Crippen molar-refractivity contribution in [3.63, 3.8) is 0 Å². The Kier molecular flexibility index (Phi) is 4.91. The lowest BCUT2D eigenvalue weighted by molar-refractivity contribution is 0.600. The van der Waals surface area contributed by atoms with Crippen LogP contribution in [0.1, 0.15) is 33.6 Å². The van der Waals surface area contributed by atoms with Gasteiger partial charge in [-0.2, -0.15) is 0 Å². The largest absolute Gasteiger partial charge is 0.219 e. The monoisotopic (exact) mass is 264 g/mol. The zero-order valence-corrected chi connectivity index (χ0v) is 12.0. The normalized spacial score (nSPS) is 11.1. The van der Waals surface area contributed by atoms with Crippen LogP contribution in [0.25, 0.3) is 0 Å². The predicted octanol–water partition coefficient (Wildman–Crippen LogP) is 4.11. The van der Waals surface area contributed by atoms with Crippen LogP contribution < -0.4 is 0 Å². The zero-order valence-electron chi connectivity index (χ0n) is 11.2. The highest BCUT2D eigenvalue weighted by Crippen LogP contribution is 2.23. The van der Waals surface area contributed by atoms with Crippen LogP contribution in [-0.2, 0) is 9.84 Å². The number of allylic oxidation sites excluding steroid dienone is 3. The van der Waals surface area contributed by atoms with Crippen LogP contribution in [0.4, 0.5) is 0 Å². The molecule has 0 N–H and O–H groups in total. The van der Waals surface area contributed by atoms with E-state index in [1.807, 2.05) is 20.8 Å². The third kappa shape index (κ3) is 3.57. The highest BCUT2D eigenvalue weighted by atomic mass is 32.2. The molecule has 0 bridgehead atoms. The van der Waals surface area contributed by atoms with Gasteiger partial charge in [-0.15, -0.1) is 0 Å². The van der Waals surface area contributed by atoms with Gasteiger partial charge in [-0.25, -0.2) is 8.42 Å². The second-order valence-electron chi connectivity index (χ2n) is 4.64. The van der Waals surface area contributed by atoms with Crippen molar-refractivity contribution in [2.45, 2.75) is 38.5 Å². The molecule has 0 heterocycles. The molecule has 98 valence electrons. The van der Waals surface area contributed by atoms with Crippen molar-refractivity contribution in [2.24, 2.45) is 0 Å². The first kappa shape index (κ1) is 14.7. The van der Waals surface area contributed by atoms with E-state index in [1.165, 1.54) is 11.1 Å². The molecule has 3 heteroatoms. The average molecular weight is 264 g/mol. The number of sulfone groups is 1. The number of rotatable bonds is 5. The van der Waals surface area contributed by atoms with Gasteiger partial charge >= 0.3 is 0 Å². The molecule has 0 amide bonds. The lowest BCUT2D eigenvalue weighted by atomic mass is 10.1. The molecule has 0 saturated heterocycles. The van der Waals surface area contributed by atoms with Crippen LogP contribution in [-0.4, -0.2) is 8.42 Å². The summed E-state index contributed by atoms with van der Waals surface area (Å²) in [6, 6.07) is 8.46. The molecule has 0 aliphatic carbocycles. The van der Waals surface area contributed by atoms with Gasteiger partial charge in [0.05, 0.1) is 4.90 Å². The van der Waals surface area contributed by atoms with E-state index in [1.54, 1.807) is 30.3 Å². The van der Waals surface area contributed by atoms with Crippen LogP contribution in [0.2, 0.25) is 0 Å². The maximum Gasteiger partial charge on any atom is 0.202 e. The van der Waals surface area contributed by atoms with Crippen LogP contribution >= 0.6 is 0 Å². The molecule has 0 radical (unpaired) electrons. The fourth-order valence-corrected chi connectivity index (χ4v) is 2.70. The lowest BCUT2D eigenvalue weighted by Crippen LogP contribution is -2.04. The highest BCUT2D eigenvalue weighted by molar-refractivity contribution is 7.95. The van der Waals surface area contributed by atoms with Crippen molar-refractivity contribution in [3.8, 4) is 0 Å². The Morgan fingerprint density at radius 3 is 2.11 bits per heavy atom. The molecule has 1 aromatic carbocycles. The Balaban J connectivity index is 2.83. The summed E-state index contributed by atoms with van der Waals surface area (Å²) in [5.74, 6) is 0. The molecule has 1 rings (SSSR count). The molecule has 0 saturated carbocycles. The van der Waals surface area contributed by atoms with Gasteiger partial charge in [0.2, 0.25) is 9.84 Å². The molecule has 0 aliphatic rings. The third-order valence-electron chi connectivity index (χ3n) is 3.07. The Labute approximate surface area is 110 Å². The van der Waals surface area contributed by atoms with Crippen LogP contribution in [0, 0.1) is 0 Å². The van der Waals surface area contributed by atoms with Gasteiger partial charge in [-0.3, -0.25) is 0 Å². The standard InChI is InChI=1S/C15H20O2S/c1-12(2)13(3)10-11-14(4)18(16,17)15-8-6-5-7-9-15/h5-9H,4,10-11H2,1-3H3. The van der Waals surface area contributed by atoms with Crippen molar-refractivity contribution in [1.29, 1.82) is 0 Å². The summed E-state index contributed by atoms with van der Waals surface area (Å²) in [5, 5.41) is 0. The van der Waals surface area contributed by atoms with Crippen molar-refractivity contribution < 1.29 is 8.42 Å².